The van der Waals surface area contributed by atoms with Crippen molar-refractivity contribution in [3.63, 3.8) is 0 Å². The number of nitrogens with zero attached hydrogens (tertiary/aromatic N) is 2. The van der Waals surface area contributed by atoms with Gasteiger partial charge in [-0.3, -0.25) is 14.5 Å². The minimum absolute atomic E-state index is 0.0351. The molecule has 5 atom stereocenters. The Bertz CT molecular complexity index is 896. The molecule has 0 radical (unpaired) electrons. The van der Waals surface area contributed by atoms with E-state index in [-0.39, 0.29) is 23.3 Å². The van der Waals surface area contributed by atoms with Gasteiger partial charge in [-0.15, -0.1) is 0 Å². The van der Waals surface area contributed by atoms with E-state index < -0.39 is 5.41 Å². The molecule has 8 nitrogen and oxygen atoms in total. The molecule has 4 aliphatic carbocycles. The number of morpholine rings is 1. The Morgan fingerprint density at radius 1 is 1.18 bits per heavy atom. The second-order valence-corrected chi connectivity index (χ2v) is 11.6. The number of nitrogens with two attached hydrogens (primary N) is 1. The highest BCUT2D eigenvalue weighted by Crippen LogP contribution is 2.60. The Balaban J connectivity index is 1.18. The normalized spacial score (nSPS) is 33.0. The zero-order chi connectivity index (χ0) is 23.9. The number of nitrogens with one attached hydrogen (secondary N) is 2. The third-order valence-electron chi connectivity index (χ3n) is 8.98. The molecule has 4 bridgehead atoms. The van der Waals surface area contributed by atoms with Crippen LogP contribution in [0.1, 0.15) is 51.5 Å². The first kappa shape index (κ1) is 23.5. The summed E-state index contributed by atoms with van der Waals surface area (Å²) < 4.78 is 5.39. The molecule has 0 spiro atoms. The summed E-state index contributed by atoms with van der Waals surface area (Å²) in [4.78, 5) is 32.6. The number of pyridine rings is 1. The summed E-state index contributed by atoms with van der Waals surface area (Å²) in [5.74, 6) is 2.02. The molecule has 1 aromatic heterocycles. The van der Waals surface area contributed by atoms with Crippen LogP contribution >= 0.6 is 0 Å². The van der Waals surface area contributed by atoms with Gasteiger partial charge in [0.25, 0.3) is 0 Å². The van der Waals surface area contributed by atoms with Gasteiger partial charge >= 0.3 is 0 Å². The molecule has 2 amide bonds. The van der Waals surface area contributed by atoms with Crippen LogP contribution in [-0.4, -0.2) is 67.1 Å². The Morgan fingerprint density at radius 2 is 1.88 bits per heavy atom. The van der Waals surface area contributed by atoms with E-state index in [9.17, 15) is 9.59 Å². The van der Waals surface area contributed by atoms with Gasteiger partial charge in [0.15, 0.2) is 0 Å². The lowest BCUT2D eigenvalue weighted by atomic mass is 9.47. The molecule has 2 heterocycles. The maximum absolute atomic E-state index is 13.4. The van der Waals surface area contributed by atoms with Gasteiger partial charge in [-0.05, 0) is 75.3 Å². The molecule has 4 saturated carbocycles. The van der Waals surface area contributed by atoms with Crippen molar-refractivity contribution < 1.29 is 14.3 Å². The fourth-order valence-electron chi connectivity index (χ4n) is 7.06. The highest BCUT2D eigenvalue weighted by Gasteiger charge is 2.58. The molecule has 1 aliphatic heterocycles. The molecule has 6 rings (SSSR count). The molecule has 0 aromatic carbocycles. The number of anilines is 1. The van der Waals surface area contributed by atoms with Gasteiger partial charge < -0.3 is 21.1 Å². The number of ether oxygens (including phenoxy) is 1. The summed E-state index contributed by atoms with van der Waals surface area (Å²) in [6, 6.07) is 4.11. The van der Waals surface area contributed by atoms with E-state index in [0.717, 1.165) is 82.9 Å². The zero-order valence-corrected chi connectivity index (χ0v) is 20.5. The third kappa shape index (κ3) is 4.42. The van der Waals surface area contributed by atoms with Crippen LogP contribution < -0.4 is 16.4 Å². The van der Waals surface area contributed by atoms with Crippen LogP contribution in [0.25, 0.3) is 0 Å². The lowest BCUT2D eigenvalue weighted by molar-refractivity contribution is -0.148. The molecular formula is C26H39N5O3. The summed E-state index contributed by atoms with van der Waals surface area (Å²) >= 11 is 0. The Hall–Kier alpha value is -2.19. The fourth-order valence-corrected chi connectivity index (χ4v) is 7.06. The molecule has 4 N–H and O–H groups in total. The Kier molecular flexibility index (Phi) is 6.31. The van der Waals surface area contributed by atoms with Crippen molar-refractivity contribution in [3.05, 3.63) is 23.9 Å². The number of hydrogen-bond acceptors (Lipinski definition) is 6. The van der Waals surface area contributed by atoms with E-state index in [2.05, 4.69) is 20.5 Å². The summed E-state index contributed by atoms with van der Waals surface area (Å²) in [7, 11) is 0. The van der Waals surface area contributed by atoms with E-state index in [1.165, 1.54) is 0 Å². The van der Waals surface area contributed by atoms with E-state index in [0.29, 0.717) is 17.8 Å². The van der Waals surface area contributed by atoms with Crippen LogP contribution in [0.5, 0.6) is 0 Å². The predicted octanol–water partition coefficient (Wildman–Crippen LogP) is 1.90. The standard InChI is InChI=1S/C26H39N5O3/c1-25(2,20-3-4-21(29-16-20)28-5-6-31-7-9-34-10-8-31)24(33)30-22-18-11-17-12-19(22)15-26(13-17,14-18)23(27)32/h3-4,16-19,22H,5-15H2,1-2H3,(H2,27,32)(H,28,29)(H,30,33)/t17?,18-,19+,22?,26?. The summed E-state index contributed by atoms with van der Waals surface area (Å²) in [6.07, 6.45) is 6.61. The Labute approximate surface area is 202 Å². The number of primary amides is 1. The van der Waals surface area contributed by atoms with Gasteiger partial charge in [0, 0.05) is 43.8 Å². The summed E-state index contributed by atoms with van der Waals surface area (Å²) in [6.45, 7) is 9.28. The van der Waals surface area contributed by atoms with Crippen LogP contribution in [0.2, 0.25) is 0 Å². The van der Waals surface area contributed by atoms with E-state index >= 15 is 0 Å². The molecule has 8 heteroatoms. The van der Waals surface area contributed by atoms with Crippen LogP contribution in [0.15, 0.2) is 18.3 Å². The molecule has 3 unspecified atom stereocenters. The first-order valence-electron chi connectivity index (χ1n) is 12.9. The van der Waals surface area contributed by atoms with Crippen LogP contribution in [0.3, 0.4) is 0 Å². The van der Waals surface area contributed by atoms with Gasteiger partial charge in [0.2, 0.25) is 11.8 Å². The molecule has 34 heavy (non-hydrogen) atoms. The zero-order valence-electron chi connectivity index (χ0n) is 20.5. The number of amides is 2. The van der Waals surface area contributed by atoms with Gasteiger partial charge in [-0.2, -0.15) is 0 Å². The SMILES string of the molecule is CC(C)(C(=O)NC1[C@@H]2CC3C[C@H]1CC(C(N)=O)(C3)C2)c1ccc(NCCN2CCOCC2)nc1. The van der Waals surface area contributed by atoms with E-state index in [1.54, 1.807) is 0 Å². The van der Waals surface area contributed by atoms with Gasteiger partial charge in [-0.1, -0.05) is 6.07 Å². The maximum atomic E-state index is 13.4. The van der Waals surface area contributed by atoms with Crippen molar-refractivity contribution >= 4 is 17.6 Å². The van der Waals surface area contributed by atoms with E-state index in [4.69, 9.17) is 10.5 Å². The van der Waals surface area contributed by atoms with Crippen molar-refractivity contribution in [1.29, 1.82) is 0 Å². The van der Waals surface area contributed by atoms with Crippen molar-refractivity contribution in [3.8, 4) is 0 Å². The second kappa shape index (κ2) is 9.11. The number of rotatable bonds is 8. The average Bonchev–Trinajstić information content (AvgIpc) is 2.82. The highest BCUT2D eigenvalue weighted by molar-refractivity contribution is 5.88. The maximum Gasteiger partial charge on any atom is 0.230 e. The molecule has 186 valence electrons. The number of aromatic nitrogens is 1. The highest BCUT2D eigenvalue weighted by atomic mass is 16.5. The van der Waals surface area contributed by atoms with Crippen molar-refractivity contribution in [2.45, 2.75) is 57.4 Å². The summed E-state index contributed by atoms with van der Waals surface area (Å²) in [5.41, 5.74) is 5.71. The molecule has 5 aliphatic rings. The minimum Gasteiger partial charge on any atom is -0.379 e. The lowest BCUT2D eigenvalue weighted by Gasteiger charge is -2.59. The topological polar surface area (TPSA) is 110 Å². The molecule has 5 fully saturated rings. The smallest absolute Gasteiger partial charge is 0.230 e. The first-order valence-corrected chi connectivity index (χ1v) is 12.9. The largest absolute Gasteiger partial charge is 0.379 e. The number of carbonyl (C=O) groups excluding carboxylic acids is 2. The minimum atomic E-state index is -0.685. The van der Waals surface area contributed by atoms with E-state index in [1.807, 2.05) is 32.2 Å². The number of hydrogen-bond donors (Lipinski definition) is 3. The van der Waals surface area contributed by atoms with Gasteiger partial charge in [-0.25, -0.2) is 4.98 Å². The second-order valence-electron chi connectivity index (χ2n) is 11.6. The van der Waals surface area contributed by atoms with Crippen molar-refractivity contribution in [2.24, 2.45) is 28.9 Å². The van der Waals surface area contributed by atoms with Gasteiger partial charge in [0.1, 0.15) is 5.82 Å². The lowest BCUT2D eigenvalue weighted by Crippen LogP contribution is -2.63. The third-order valence-corrected chi connectivity index (χ3v) is 8.98. The van der Waals surface area contributed by atoms with Crippen molar-refractivity contribution in [2.75, 3.05) is 44.7 Å². The molecular weight excluding hydrogens is 430 g/mol. The van der Waals surface area contributed by atoms with Crippen molar-refractivity contribution in [1.82, 2.24) is 15.2 Å². The van der Waals surface area contributed by atoms with Gasteiger partial charge in [0.05, 0.1) is 18.6 Å². The Morgan fingerprint density at radius 3 is 2.50 bits per heavy atom. The quantitative estimate of drug-likeness (QED) is 0.537. The average molecular weight is 470 g/mol. The van der Waals surface area contributed by atoms with Crippen LogP contribution in [0.4, 0.5) is 5.82 Å². The summed E-state index contributed by atoms with van der Waals surface area (Å²) in [5, 5.41) is 6.77. The van der Waals surface area contributed by atoms with Crippen LogP contribution in [-0.2, 0) is 19.7 Å². The fraction of sp³-hybridized carbons (Fsp3) is 0.731. The van der Waals surface area contributed by atoms with Crippen LogP contribution in [0, 0.1) is 23.2 Å². The number of carbonyl (C=O) groups is 2. The monoisotopic (exact) mass is 469 g/mol. The molecule has 1 aromatic rings. The first-order chi connectivity index (χ1) is 16.3. The predicted molar refractivity (Wildman–Crippen MR) is 130 cm³/mol. The molecule has 1 saturated heterocycles.